The third-order valence-corrected chi connectivity index (χ3v) is 2.78. The first kappa shape index (κ1) is 11.9. The summed E-state index contributed by atoms with van der Waals surface area (Å²) in [5, 5.41) is 13.8. The summed E-state index contributed by atoms with van der Waals surface area (Å²) in [5.74, 6) is 0.176. The third-order valence-electron chi connectivity index (χ3n) is 2.24. The van der Waals surface area contributed by atoms with E-state index in [1.54, 1.807) is 6.07 Å². The molecule has 1 saturated heterocycles. The highest BCUT2D eigenvalue weighted by molar-refractivity contribution is 6.35. The molecule has 1 aromatic carbocycles. The minimum atomic E-state index is 0. The Kier molecular flexibility index (Phi) is 3.90. The maximum absolute atomic E-state index is 9.60. The fourth-order valence-electron chi connectivity index (χ4n) is 1.45. The maximum Gasteiger partial charge on any atom is 0.123 e. The van der Waals surface area contributed by atoms with Gasteiger partial charge in [-0.3, -0.25) is 0 Å². The van der Waals surface area contributed by atoms with Gasteiger partial charge in [-0.25, -0.2) is 0 Å². The van der Waals surface area contributed by atoms with Gasteiger partial charge in [0, 0.05) is 16.6 Å². The lowest BCUT2D eigenvalue weighted by Gasteiger charge is -2.29. The molecule has 2 N–H and O–H groups in total. The summed E-state index contributed by atoms with van der Waals surface area (Å²) in [7, 11) is 0. The normalized spacial score (nSPS) is 19.7. The van der Waals surface area contributed by atoms with Gasteiger partial charge >= 0.3 is 0 Å². The molecule has 1 aromatic rings. The van der Waals surface area contributed by atoms with Crippen molar-refractivity contribution in [2.45, 2.75) is 12.5 Å². The van der Waals surface area contributed by atoms with Gasteiger partial charge < -0.3 is 10.4 Å². The van der Waals surface area contributed by atoms with Crippen molar-refractivity contribution in [1.82, 2.24) is 5.32 Å². The quantitative estimate of drug-likeness (QED) is 0.807. The van der Waals surface area contributed by atoms with Crippen LogP contribution in [-0.2, 0) is 0 Å². The molecule has 5 heteroatoms. The second kappa shape index (κ2) is 4.58. The number of phenolic OH excluding ortho intramolecular Hbond substituents is 1. The zero-order valence-corrected chi connectivity index (χ0v) is 9.59. The molecule has 0 amide bonds. The molecule has 1 aliphatic heterocycles. The van der Waals surface area contributed by atoms with E-state index in [1.165, 1.54) is 6.07 Å². The first-order valence-electron chi connectivity index (χ1n) is 4.10. The Morgan fingerprint density at radius 2 is 2.00 bits per heavy atom. The second-order valence-corrected chi connectivity index (χ2v) is 3.96. The van der Waals surface area contributed by atoms with Gasteiger partial charge in [0.1, 0.15) is 5.75 Å². The van der Waals surface area contributed by atoms with E-state index in [0.717, 1.165) is 18.5 Å². The third kappa shape index (κ3) is 2.09. The van der Waals surface area contributed by atoms with Gasteiger partial charge in [-0.1, -0.05) is 23.2 Å². The summed E-state index contributed by atoms with van der Waals surface area (Å²) >= 11 is 11.7. The lowest BCUT2D eigenvalue weighted by atomic mass is 9.97. The Hall–Kier alpha value is -0.150. The van der Waals surface area contributed by atoms with E-state index in [-0.39, 0.29) is 24.2 Å². The largest absolute Gasteiger partial charge is 0.508 e. The van der Waals surface area contributed by atoms with Gasteiger partial charge in [-0.2, -0.15) is 0 Å². The highest BCUT2D eigenvalue weighted by Gasteiger charge is 2.24. The Morgan fingerprint density at radius 3 is 2.43 bits per heavy atom. The van der Waals surface area contributed by atoms with Crippen LogP contribution in [0.2, 0.25) is 10.0 Å². The predicted molar refractivity (Wildman–Crippen MR) is 60.7 cm³/mol. The zero-order chi connectivity index (χ0) is 9.42. The van der Waals surface area contributed by atoms with Gasteiger partial charge in [0.05, 0.1) is 5.02 Å². The van der Waals surface area contributed by atoms with Crippen LogP contribution in [0.1, 0.15) is 18.0 Å². The van der Waals surface area contributed by atoms with Crippen molar-refractivity contribution in [2.75, 3.05) is 6.54 Å². The SMILES string of the molecule is Cl.Oc1cc(Cl)cc(Cl)c1[C@@H]1CCN1. The number of hydrogen-bond acceptors (Lipinski definition) is 2. The predicted octanol–water partition coefficient (Wildman–Crippen LogP) is 3.16. The Balaban J connectivity index is 0.000000980. The number of nitrogens with one attached hydrogen (secondary N) is 1. The van der Waals surface area contributed by atoms with E-state index in [4.69, 9.17) is 23.2 Å². The fourth-order valence-corrected chi connectivity index (χ4v) is 2.07. The van der Waals surface area contributed by atoms with Crippen molar-refractivity contribution in [3.63, 3.8) is 0 Å². The molecule has 1 fully saturated rings. The molecule has 0 spiro atoms. The van der Waals surface area contributed by atoms with E-state index in [2.05, 4.69) is 5.32 Å². The van der Waals surface area contributed by atoms with Crippen molar-refractivity contribution >= 4 is 35.6 Å². The van der Waals surface area contributed by atoms with Crippen LogP contribution in [-0.4, -0.2) is 11.7 Å². The summed E-state index contributed by atoms with van der Waals surface area (Å²) in [6.45, 7) is 0.975. The number of rotatable bonds is 1. The molecule has 78 valence electrons. The van der Waals surface area contributed by atoms with Crippen LogP contribution in [0.25, 0.3) is 0 Å². The zero-order valence-electron chi connectivity index (χ0n) is 7.26. The van der Waals surface area contributed by atoms with Crippen molar-refractivity contribution in [3.8, 4) is 5.75 Å². The van der Waals surface area contributed by atoms with Crippen molar-refractivity contribution in [2.24, 2.45) is 0 Å². The van der Waals surface area contributed by atoms with Crippen LogP contribution in [0.5, 0.6) is 5.75 Å². The van der Waals surface area contributed by atoms with E-state index >= 15 is 0 Å². The van der Waals surface area contributed by atoms with Crippen LogP contribution >= 0.6 is 35.6 Å². The number of hydrogen-bond donors (Lipinski definition) is 2. The lowest BCUT2D eigenvalue weighted by molar-refractivity contribution is 0.365. The van der Waals surface area contributed by atoms with Gasteiger partial charge in [0.2, 0.25) is 0 Å². The molecule has 0 saturated carbocycles. The van der Waals surface area contributed by atoms with Crippen LogP contribution in [0.4, 0.5) is 0 Å². The number of benzene rings is 1. The van der Waals surface area contributed by atoms with Gasteiger partial charge in [-0.15, -0.1) is 12.4 Å². The smallest absolute Gasteiger partial charge is 0.123 e. The first-order valence-corrected chi connectivity index (χ1v) is 4.85. The second-order valence-electron chi connectivity index (χ2n) is 3.12. The molecule has 2 nitrogen and oxygen atoms in total. The summed E-state index contributed by atoms with van der Waals surface area (Å²) in [6, 6.07) is 3.35. The molecular formula is C9H10Cl3NO. The summed E-state index contributed by atoms with van der Waals surface area (Å²) < 4.78 is 0. The molecule has 0 bridgehead atoms. The number of aromatic hydroxyl groups is 1. The average molecular weight is 255 g/mol. The van der Waals surface area contributed by atoms with Crippen LogP contribution in [0.3, 0.4) is 0 Å². The standard InChI is InChI=1S/C9H9Cl2NO.ClH/c10-5-3-6(11)9(8(13)4-5)7-1-2-12-7;/h3-4,7,12-13H,1-2H2;1H/t7-;/m0./s1. The molecule has 1 atom stereocenters. The first-order chi connectivity index (χ1) is 6.18. The summed E-state index contributed by atoms with van der Waals surface area (Å²) in [4.78, 5) is 0. The van der Waals surface area contributed by atoms with Crippen LogP contribution in [0.15, 0.2) is 12.1 Å². The van der Waals surface area contributed by atoms with E-state index in [1.807, 2.05) is 0 Å². The number of halogens is 3. The summed E-state index contributed by atoms with van der Waals surface area (Å²) in [5.41, 5.74) is 0.761. The fraction of sp³-hybridized carbons (Fsp3) is 0.333. The van der Waals surface area contributed by atoms with E-state index in [0.29, 0.717) is 10.0 Å². The molecule has 2 rings (SSSR count). The molecule has 1 aliphatic rings. The summed E-state index contributed by atoms with van der Waals surface area (Å²) in [6.07, 6.45) is 1.01. The van der Waals surface area contributed by atoms with E-state index < -0.39 is 0 Å². The minimum absolute atomic E-state index is 0. The van der Waals surface area contributed by atoms with Crippen molar-refractivity contribution in [1.29, 1.82) is 0 Å². The highest BCUT2D eigenvalue weighted by atomic mass is 35.5. The van der Waals surface area contributed by atoms with Crippen LogP contribution < -0.4 is 5.32 Å². The monoisotopic (exact) mass is 253 g/mol. The molecule has 14 heavy (non-hydrogen) atoms. The van der Waals surface area contributed by atoms with Crippen molar-refractivity contribution in [3.05, 3.63) is 27.7 Å². The molecule has 1 heterocycles. The molecule has 0 aliphatic carbocycles. The van der Waals surface area contributed by atoms with Crippen LogP contribution in [0, 0.1) is 0 Å². The topological polar surface area (TPSA) is 32.3 Å². The molecular weight excluding hydrogens is 244 g/mol. The maximum atomic E-state index is 9.60. The minimum Gasteiger partial charge on any atom is -0.508 e. The molecule has 0 unspecified atom stereocenters. The van der Waals surface area contributed by atoms with Crippen molar-refractivity contribution < 1.29 is 5.11 Å². The molecule has 0 aromatic heterocycles. The highest BCUT2D eigenvalue weighted by Crippen LogP contribution is 2.38. The van der Waals surface area contributed by atoms with Gasteiger partial charge in [0.15, 0.2) is 0 Å². The average Bonchev–Trinajstić information content (AvgIpc) is 1.92. The Morgan fingerprint density at radius 1 is 1.36 bits per heavy atom. The van der Waals surface area contributed by atoms with Gasteiger partial charge in [0.25, 0.3) is 0 Å². The molecule has 0 radical (unpaired) electrons. The van der Waals surface area contributed by atoms with Gasteiger partial charge in [-0.05, 0) is 25.1 Å². The van der Waals surface area contributed by atoms with E-state index in [9.17, 15) is 5.11 Å². The number of phenols is 1. The Labute approximate surface area is 98.6 Å². The Bertz CT molecular complexity index is 316. The lowest BCUT2D eigenvalue weighted by Crippen LogP contribution is -2.35.